The lowest BCUT2D eigenvalue weighted by Crippen LogP contribution is -2.27. The number of anilines is 1. The lowest BCUT2D eigenvalue weighted by molar-refractivity contribution is 0.483. The van der Waals surface area contributed by atoms with Crippen molar-refractivity contribution >= 4 is 53.8 Å². The Morgan fingerprint density at radius 3 is 2.30 bits per heavy atom. The van der Waals surface area contributed by atoms with E-state index < -0.39 is 15.6 Å². The zero-order chi connectivity index (χ0) is 23.2. The monoisotopic (exact) mass is 497 g/mol. The summed E-state index contributed by atoms with van der Waals surface area (Å²) < 4.78 is 36.7. The van der Waals surface area contributed by atoms with Crippen molar-refractivity contribution in [1.29, 1.82) is 0 Å². The van der Waals surface area contributed by atoms with Crippen LogP contribution in [0.2, 0.25) is 5.02 Å². The number of benzene rings is 3. The summed E-state index contributed by atoms with van der Waals surface area (Å²) in [7, 11) is -4.19. The fourth-order valence-corrected chi connectivity index (χ4v) is 5.93. The first-order valence-corrected chi connectivity index (χ1v) is 12.5. The van der Waals surface area contributed by atoms with Gasteiger partial charge in [0.15, 0.2) is 9.86 Å². The van der Waals surface area contributed by atoms with Gasteiger partial charge in [0.2, 0.25) is 0 Å². The highest BCUT2D eigenvalue weighted by Gasteiger charge is 2.25. The van der Waals surface area contributed by atoms with Gasteiger partial charge in [-0.1, -0.05) is 35.1 Å². The Morgan fingerprint density at radius 1 is 0.970 bits per heavy atom. The second kappa shape index (κ2) is 8.18. The predicted molar refractivity (Wildman–Crippen MR) is 130 cm³/mol. The summed E-state index contributed by atoms with van der Waals surface area (Å²) in [5, 5.41) is 0.599. The summed E-state index contributed by atoms with van der Waals surface area (Å²) >= 11 is 7.21. The molecule has 0 aliphatic heterocycles. The van der Waals surface area contributed by atoms with Gasteiger partial charge in [0, 0.05) is 10.7 Å². The number of nitrogens with zero attached hydrogens (tertiary/aromatic N) is 2. The third kappa shape index (κ3) is 4.06. The van der Waals surface area contributed by atoms with Gasteiger partial charge in [-0.15, -0.1) is 0 Å². The van der Waals surface area contributed by atoms with Crippen LogP contribution in [-0.4, -0.2) is 17.8 Å². The molecule has 2 heterocycles. The van der Waals surface area contributed by atoms with Crippen LogP contribution in [0.15, 0.2) is 82.5 Å². The maximum atomic E-state index is 13.2. The van der Waals surface area contributed by atoms with Crippen LogP contribution >= 0.6 is 22.9 Å². The fourth-order valence-electron chi connectivity index (χ4n) is 3.44. The van der Waals surface area contributed by atoms with Crippen molar-refractivity contribution in [2.75, 3.05) is 4.72 Å². The van der Waals surface area contributed by atoms with Gasteiger partial charge in [0.1, 0.15) is 11.5 Å². The summed E-state index contributed by atoms with van der Waals surface area (Å²) in [5.41, 5.74) is 0.416. The first-order chi connectivity index (χ1) is 15.8. The number of sulfonamides is 1. The van der Waals surface area contributed by atoms with Crippen molar-refractivity contribution in [3.8, 4) is 11.5 Å². The lowest BCUT2D eigenvalue weighted by atomic mass is 10.3. The highest BCUT2D eigenvalue weighted by Crippen LogP contribution is 2.27. The molecule has 0 saturated carbocycles. The Kier molecular flexibility index (Phi) is 5.32. The highest BCUT2D eigenvalue weighted by molar-refractivity contribution is 7.92. The number of thiazole rings is 1. The van der Waals surface area contributed by atoms with E-state index in [0.717, 1.165) is 4.70 Å². The normalized spacial score (nSPS) is 11.7. The molecule has 0 amide bonds. The molecule has 0 saturated heterocycles. The molecule has 0 atom stereocenters. The molecule has 10 heteroatoms. The summed E-state index contributed by atoms with van der Waals surface area (Å²) in [6, 6.07) is 20.5. The molecule has 0 bridgehead atoms. The molecule has 0 aliphatic rings. The number of nitrogens with one attached hydrogen (secondary N) is 1. The van der Waals surface area contributed by atoms with Crippen molar-refractivity contribution in [2.45, 2.75) is 11.8 Å². The van der Waals surface area contributed by atoms with Crippen LogP contribution in [0.25, 0.3) is 15.2 Å². The average Bonchev–Trinajstić information content (AvgIpc) is 3.14. The SMILES string of the molecule is Cc1nc2sc3ccccc3n2c(=O)c1S(=O)(=O)Nc1ccc(Oc2ccc(Cl)cc2)cc1. The molecule has 33 heavy (non-hydrogen) atoms. The molecular weight excluding hydrogens is 482 g/mol. The second-order valence-corrected chi connectivity index (χ2v) is 10.3. The first-order valence-electron chi connectivity index (χ1n) is 9.79. The first kappa shape index (κ1) is 21.4. The molecule has 0 radical (unpaired) electrons. The average molecular weight is 498 g/mol. The van der Waals surface area contributed by atoms with Crippen LogP contribution in [0.5, 0.6) is 11.5 Å². The number of fused-ring (bicyclic) bond motifs is 3. The van der Waals surface area contributed by atoms with Crippen LogP contribution in [0.3, 0.4) is 0 Å². The molecule has 0 aliphatic carbocycles. The minimum Gasteiger partial charge on any atom is -0.457 e. The van der Waals surface area contributed by atoms with Gasteiger partial charge in [-0.25, -0.2) is 17.8 Å². The summed E-state index contributed by atoms with van der Waals surface area (Å²) in [4.78, 5) is 17.7. The number of rotatable bonds is 5. The minimum atomic E-state index is -4.19. The number of aromatic nitrogens is 2. The van der Waals surface area contributed by atoms with Crippen molar-refractivity contribution in [2.24, 2.45) is 0 Å². The van der Waals surface area contributed by atoms with Crippen molar-refractivity contribution in [3.63, 3.8) is 0 Å². The fraction of sp³-hybridized carbons (Fsp3) is 0.0435. The zero-order valence-corrected chi connectivity index (χ0v) is 19.5. The van der Waals surface area contributed by atoms with Gasteiger partial charge in [-0.3, -0.25) is 9.52 Å². The molecule has 7 nitrogen and oxygen atoms in total. The number of aryl methyl sites for hydroxylation is 1. The molecule has 3 aromatic carbocycles. The summed E-state index contributed by atoms with van der Waals surface area (Å²) in [5.74, 6) is 1.11. The van der Waals surface area contributed by atoms with Crippen molar-refractivity contribution in [3.05, 3.63) is 93.9 Å². The van der Waals surface area contributed by atoms with Gasteiger partial charge in [0.05, 0.1) is 15.9 Å². The Morgan fingerprint density at radius 2 is 1.61 bits per heavy atom. The zero-order valence-electron chi connectivity index (χ0n) is 17.2. The Labute approximate surface area is 197 Å². The van der Waals surface area contributed by atoms with Crippen LogP contribution in [0.1, 0.15) is 5.69 Å². The number of halogens is 1. The second-order valence-electron chi connectivity index (χ2n) is 7.21. The van der Waals surface area contributed by atoms with E-state index in [2.05, 4.69) is 9.71 Å². The number of hydrogen-bond acceptors (Lipinski definition) is 6. The Balaban J connectivity index is 1.47. The number of hydrogen-bond donors (Lipinski definition) is 1. The van der Waals surface area contributed by atoms with Crippen LogP contribution in [0, 0.1) is 6.92 Å². The lowest BCUT2D eigenvalue weighted by Gasteiger charge is -2.11. The molecule has 0 unspecified atom stereocenters. The van der Waals surface area contributed by atoms with E-state index in [4.69, 9.17) is 16.3 Å². The molecule has 0 fully saturated rings. The van der Waals surface area contributed by atoms with E-state index in [0.29, 0.717) is 27.0 Å². The van der Waals surface area contributed by atoms with Gasteiger partial charge in [0.25, 0.3) is 15.6 Å². The molecule has 5 aromatic rings. The quantitative estimate of drug-likeness (QED) is 0.348. The van der Waals surface area contributed by atoms with Gasteiger partial charge in [-0.2, -0.15) is 0 Å². The Hall–Kier alpha value is -3.40. The van der Waals surface area contributed by atoms with E-state index >= 15 is 0 Å². The smallest absolute Gasteiger partial charge is 0.280 e. The van der Waals surface area contributed by atoms with Crippen molar-refractivity contribution < 1.29 is 13.2 Å². The maximum absolute atomic E-state index is 13.2. The van der Waals surface area contributed by atoms with Crippen LogP contribution < -0.4 is 15.0 Å². The molecule has 166 valence electrons. The molecule has 2 aromatic heterocycles. The summed E-state index contributed by atoms with van der Waals surface area (Å²) in [6.07, 6.45) is 0. The molecule has 5 rings (SSSR count). The van der Waals surface area contributed by atoms with Crippen molar-refractivity contribution in [1.82, 2.24) is 9.38 Å². The van der Waals surface area contributed by atoms with Gasteiger partial charge >= 0.3 is 0 Å². The van der Waals surface area contributed by atoms with Gasteiger partial charge < -0.3 is 4.74 Å². The molecule has 0 spiro atoms. The highest BCUT2D eigenvalue weighted by atomic mass is 35.5. The van der Waals surface area contributed by atoms with E-state index in [9.17, 15) is 13.2 Å². The van der Waals surface area contributed by atoms with Gasteiger partial charge in [-0.05, 0) is 67.6 Å². The molecule has 1 N–H and O–H groups in total. The minimum absolute atomic E-state index is 0.141. The number of ether oxygens (including phenoxy) is 1. The van der Waals surface area contributed by atoms with E-state index in [-0.39, 0.29) is 16.3 Å². The van der Waals surface area contributed by atoms with E-state index in [1.807, 2.05) is 12.1 Å². The number of para-hydroxylation sites is 1. The maximum Gasteiger partial charge on any atom is 0.280 e. The topological polar surface area (TPSA) is 89.8 Å². The predicted octanol–water partition coefficient (Wildman–Crippen LogP) is 5.46. The van der Waals surface area contributed by atoms with E-state index in [1.165, 1.54) is 22.7 Å². The largest absolute Gasteiger partial charge is 0.457 e. The summed E-state index contributed by atoms with van der Waals surface area (Å²) in [6.45, 7) is 1.52. The van der Waals surface area contributed by atoms with Crippen LogP contribution in [0.4, 0.5) is 5.69 Å². The Bertz CT molecular complexity index is 1660. The molecular formula is C23H16ClN3O4S2. The van der Waals surface area contributed by atoms with Crippen LogP contribution in [-0.2, 0) is 10.0 Å². The van der Waals surface area contributed by atoms with E-state index in [1.54, 1.807) is 60.7 Å². The third-order valence-electron chi connectivity index (χ3n) is 4.91. The standard InChI is InChI=1S/C23H16ClN3O4S2/c1-14-21(22(28)27-19-4-2-3-5-20(19)32-23(27)25-14)33(29,30)26-16-8-12-18(13-9-16)31-17-10-6-15(24)7-11-17/h2-13,26H,1H3. The third-order valence-corrected chi connectivity index (χ3v) is 7.70.